The van der Waals surface area contributed by atoms with Gasteiger partial charge in [0.1, 0.15) is 0 Å². The summed E-state index contributed by atoms with van der Waals surface area (Å²) in [6.45, 7) is 6.71. The SMILES string of the molecule is CCC=CC(CC)CCC. The standard InChI is InChI=1S/C10H20/c1-4-7-9-10(6-3)8-5-2/h7,9-10H,4-6,8H2,1-3H3. The van der Waals surface area contributed by atoms with Gasteiger partial charge >= 0.3 is 0 Å². The van der Waals surface area contributed by atoms with Gasteiger partial charge in [-0.25, -0.2) is 0 Å². The quantitative estimate of drug-likeness (QED) is 0.510. The third-order valence-electron chi connectivity index (χ3n) is 1.83. The summed E-state index contributed by atoms with van der Waals surface area (Å²) >= 11 is 0. The molecule has 0 aliphatic carbocycles. The lowest BCUT2D eigenvalue weighted by Crippen LogP contribution is -1.92. The molecule has 0 fully saturated rings. The first-order chi connectivity index (χ1) is 4.85. The van der Waals surface area contributed by atoms with E-state index in [9.17, 15) is 0 Å². The van der Waals surface area contributed by atoms with Gasteiger partial charge in [-0.1, -0.05) is 39.3 Å². The summed E-state index contributed by atoms with van der Waals surface area (Å²) in [7, 11) is 0. The summed E-state index contributed by atoms with van der Waals surface area (Å²) in [6.07, 6.45) is 9.79. The number of rotatable bonds is 5. The number of hydrogen-bond acceptors (Lipinski definition) is 0. The van der Waals surface area contributed by atoms with Crippen LogP contribution in [0.25, 0.3) is 0 Å². The van der Waals surface area contributed by atoms with E-state index in [1.165, 1.54) is 25.7 Å². The van der Waals surface area contributed by atoms with Crippen molar-refractivity contribution in [1.82, 2.24) is 0 Å². The molecule has 0 spiro atoms. The number of hydrogen-bond donors (Lipinski definition) is 0. The maximum atomic E-state index is 2.36. The van der Waals surface area contributed by atoms with Crippen LogP contribution in [0.4, 0.5) is 0 Å². The smallest absolute Gasteiger partial charge is 0.0236 e. The molecule has 0 rings (SSSR count). The lowest BCUT2D eigenvalue weighted by molar-refractivity contribution is 0.562. The first-order valence-electron chi connectivity index (χ1n) is 4.51. The average molecular weight is 140 g/mol. The predicted molar refractivity (Wildman–Crippen MR) is 48.1 cm³/mol. The molecule has 0 bridgehead atoms. The van der Waals surface area contributed by atoms with E-state index in [0.29, 0.717) is 0 Å². The Morgan fingerprint density at radius 3 is 2.30 bits per heavy atom. The molecule has 0 nitrogen and oxygen atoms in total. The second-order valence-corrected chi connectivity index (χ2v) is 2.79. The minimum absolute atomic E-state index is 0.838. The van der Waals surface area contributed by atoms with Crippen molar-refractivity contribution in [1.29, 1.82) is 0 Å². The van der Waals surface area contributed by atoms with Crippen molar-refractivity contribution in [2.45, 2.75) is 46.5 Å². The largest absolute Gasteiger partial charge is 0.0885 e. The van der Waals surface area contributed by atoms with E-state index in [1.807, 2.05) is 0 Å². The van der Waals surface area contributed by atoms with Crippen LogP contribution in [0.5, 0.6) is 0 Å². The zero-order chi connectivity index (χ0) is 7.82. The maximum Gasteiger partial charge on any atom is -0.0236 e. The topological polar surface area (TPSA) is 0 Å². The highest BCUT2D eigenvalue weighted by Crippen LogP contribution is 2.11. The van der Waals surface area contributed by atoms with Crippen molar-refractivity contribution < 1.29 is 0 Å². The minimum atomic E-state index is 0.838. The molecule has 0 aromatic carbocycles. The molecule has 0 aliphatic heterocycles. The molecule has 0 amide bonds. The van der Waals surface area contributed by atoms with Crippen LogP contribution in [-0.4, -0.2) is 0 Å². The van der Waals surface area contributed by atoms with Gasteiger partial charge in [-0.3, -0.25) is 0 Å². The Kier molecular flexibility index (Phi) is 6.68. The molecule has 0 N–H and O–H groups in total. The van der Waals surface area contributed by atoms with E-state index in [-0.39, 0.29) is 0 Å². The Morgan fingerprint density at radius 2 is 1.90 bits per heavy atom. The molecule has 0 heterocycles. The van der Waals surface area contributed by atoms with Crippen LogP contribution in [0, 0.1) is 5.92 Å². The van der Waals surface area contributed by atoms with E-state index in [2.05, 4.69) is 32.9 Å². The first-order valence-corrected chi connectivity index (χ1v) is 4.51. The molecule has 10 heavy (non-hydrogen) atoms. The van der Waals surface area contributed by atoms with E-state index < -0.39 is 0 Å². The van der Waals surface area contributed by atoms with Gasteiger partial charge in [0.25, 0.3) is 0 Å². The fourth-order valence-electron chi connectivity index (χ4n) is 1.14. The lowest BCUT2D eigenvalue weighted by atomic mass is 10.0. The Morgan fingerprint density at radius 1 is 1.20 bits per heavy atom. The molecule has 0 heteroatoms. The normalized spacial score (nSPS) is 14.3. The van der Waals surface area contributed by atoms with Crippen LogP contribution in [0.3, 0.4) is 0 Å². The van der Waals surface area contributed by atoms with Crippen molar-refractivity contribution in [3.63, 3.8) is 0 Å². The highest BCUT2D eigenvalue weighted by molar-refractivity contribution is 4.86. The van der Waals surface area contributed by atoms with Crippen LogP contribution in [0.2, 0.25) is 0 Å². The minimum Gasteiger partial charge on any atom is -0.0885 e. The highest BCUT2D eigenvalue weighted by atomic mass is 14.0. The summed E-state index contributed by atoms with van der Waals surface area (Å²) in [5, 5.41) is 0. The molecule has 0 aromatic rings. The van der Waals surface area contributed by atoms with Gasteiger partial charge in [-0.15, -0.1) is 0 Å². The second kappa shape index (κ2) is 6.85. The van der Waals surface area contributed by atoms with Crippen molar-refractivity contribution in [3.8, 4) is 0 Å². The molecule has 0 aliphatic rings. The van der Waals surface area contributed by atoms with Gasteiger partial charge in [-0.2, -0.15) is 0 Å². The second-order valence-electron chi connectivity index (χ2n) is 2.79. The lowest BCUT2D eigenvalue weighted by Gasteiger charge is -2.06. The van der Waals surface area contributed by atoms with Crippen LogP contribution in [0.15, 0.2) is 12.2 Å². The molecular formula is C10H20. The zero-order valence-corrected chi connectivity index (χ0v) is 7.56. The van der Waals surface area contributed by atoms with Crippen LogP contribution < -0.4 is 0 Å². The van der Waals surface area contributed by atoms with Gasteiger partial charge in [0.15, 0.2) is 0 Å². The fraction of sp³-hybridized carbons (Fsp3) is 0.800. The third kappa shape index (κ3) is 4.60. The summed E-state index contributed by atoms with van der Waals surface area (Å²) in [4.78, 5) is 0. The summed E-state index contributed by atoms with van der Waals surface area (Å²) < 4.78 is 0. The summed E-state index contributed by atoms with van der Waals surface area (Å²) in [5.41, 5.74) is 0. The fourth-order valence-corrected chi connectivity index (χ4v) is 1.14. The van der Waals surface area contributed by atoms with Crippen molar-refractivity contribution in [2.75, 3.05) is 0 Å². The van der Waals surface area contributed by atoms with Crippen molar-refractivity contribution in [3.05, 3.63) is 12.2 Å². The molecule has 60 valence electrons. The Balaban J connectivity index is 3.48. The predicted octanol–water partition coefficient (Wildman–Crippen LogP) is 3.78. The van der Waals surface area contributed by atoms with E-state index in [0.717, 1.165) is 5.92 Å². The Labute approximate surface area is 65.3 Å². The molecule has 0 saturated heterocycles. The Hall–Kier alpha value is -0.260. The third-order valence-corrected chi connectivity index (χ3v) is 1.83. The average Bonchev–Trinajstić information content (AvgIpc) is 1.98. The molecule has 0 radical (unpaired) electrons. The summed E-state index contributed by atoms with van der Waals surface area (Å²) in [6, 6.07) is 0. The molecule has 1 unspecified atom stereocenters. The molecule has 0 saturated carbocycles. The van der Waals surface area contributed by atoms with Gasteiger partial charge in [0, 0.05) is 0 Å². The van der Waals surface area contributed by atoms with Crippen LogP contribution in [0.1, 0.15) is 46.5 Å². The highest BCUT2D eigenvalue weighted by Gasteiger charge is 1.97. The Bertz CT molecular complexity index is 82.0. The summed E-state index contributed by atoms with van der Waals surface area (Å²) in [5.74, 6) is 0.838. The van der Waals surface area contributed by atoms with Gasteiger partial charge < -0.3 is 0 Å². The molecule has 1 atom stereocenters. The van der Waals surface area contributed by atoms with E-state index >= 15 is 0 Å². The number of allylic oxidation sites excluding steroid dienone is 2. The van der Waals surface area contributed by atoms with E-state index in [1.54, 1.807) is 0 Å². The van der Waals surface area contributed by atoms with Crippen LogP contribution in [-0.2, 0) is 0 Å². The maximum absolute atomic E-state index is 2.36. The van der Waals surface area contributed by atoms with Crippen molar-refractivity contribution >= 4 is 0 Å². The van der Waals surface area contributed by atoms with Crippen molar-refractivity contribution in [2.24, 2.45) is 5.92 Å². The monoisotopic (exact) mass is 140 g/mol. The van der Waals surface area contributed by atoms with Gasteiger partial charge in [0.05, 0.1) is 0 Å². The first kappa shape index (κ1) is 9.74. The van der Waals surface area contributed by atoms with Gasteiger partial charge in [-0.05, 0) is 25.2 Å². The van der Waals surface area contributed by atoms with Gasteiger partial charge in [0.2, 0.25) is 0 Å². The molecular weight excluding hydrogens is 120 g/mol. The van der Waals surface area contributed by atoms with E-state index in [4.69, 9.17) is 0 Å². The van der Waals surface area contributed by atoms with Crippen LogP contribution >= 0.6 is 0 Å². The zero-order valence-electron chi connectivity index (χ0n) is 7.56. The molecule has 0 aromatic heterocycles.